The molecular formula is C18H34N2O2S. The third kappa shape index (κ3) is 6.18. The zero-order valence-electron chi connectivity index (χ0n) is 15.5. The topological polar surface area (TPSA) is 41.6 Å². The van der Waals surface area contributed by atoms with Crippen molar-refractivity contribution in [3.05, 3.63) is 0 Å². The van der Waals surface area contributed by atoms with E-state index in [2.05, 4.69) is 19.2 Å². The number of rotatable bonds is 3. The smallest absolute Gasteiger partial charge is 0.410 e. The van der Waals surface area contributed by atoms with Crippen LogP contribution in [0.25, 0.3) is 0 Å². The minimum absolute atomic E-state index is 0.151. The quantitative estimate of drug-likeness (QED) is 0.845. The van der Waals surface area contributed by atoms with Crippen molar-refractivity contribution in [2.45, 2.75) is 78.0 Å². The Kier molecular flexibility index (Phi) is 6.28. The molecule has 2 rings (SSSR count). The lowest BCUT2D eigenvalue weighted by atomic mass is 9.87. The number of carbonyl (C=O) groups excluding carboxylic acids is 1. The molecule has 1 N–H and O–H groups in total. The molecule has 0 bridgehead atoms. The van der Waals surface area contributed by atoms with Gasteiger partial charge in [-0.1, -0.05) is 13.8 Å². The van der Waals surface area contributed by atoms with Crippen LogP contribution < -0.4 is 5.32 Å². The van der Waals surface area contributed by atoms with Crippen LogP contribution in [-0.4, -0.2) is 53.3 Å². The van der Waals surface area contributed by atoms with Crippen LogP contribution in [0.2, 0.25) is 0 Å². The van der Waals surface area contributed by atoms with E-state index in [0.29, 0.717) is 11.5 Å². The molecule has 1 amide bonds. The first-order valence-electron chi connectivity index (χ1n) is 8.97. The van der Waals surface area contributed by atoms with Crippen molar-refractivity contribution in [1.82, 2.24) is 10.2 Å². The van der Waals surface area contributed by atoms with Crippen LogP contribution in [0.5, 0.6) is 0 Å². The van der Waals surface area contributed by atoms with Crippen molar-refractivity contribution in [2.75, 3.05) is 24.6 Å². The van der Waals surface area contributed by atoms with Crippen LogP contribution in [-0.2, 0) is 4.74 Å². The normalized spacial score (nSPS) is 28.5. The van der Waals surface area contributed by atoms with Crippen molar-refractivity contribution in [3.63, 3.8) is 0 Å². The Labute approximate surface area is 146 Å². The number of hydrogen-bond donors (Lipinski definition) is 1. The first kappa shape index (κ1) is 18.9. The van der Waals surface area contributed by atoms with Gasteiger partial charge in [0.2, 0.25) is 0 Å². The lowest BCUT2D eigenvalue weighted by Gasteiger charge is -2.39. The maximum absolute atomic E-state index is 12.5. The molecule has 0 radical (unpaired) electrons. The number of ether oxygens (including phenoxy) is 1. The molecule has 0 spiro atoms. The fourth-order valence-corrected chi connectivity index (χ4v) is 4.78. The lowest BCUT2D eigenvalue weighted by molar-refractivity contribution is 0.00956. The average molecular weight is 343 g/mol. The highest BCUT2D eigenvalue weighted by molar-refractivity contribution is 7.99. The summed E-state index contributed by atoms with van der Waals surface area (Å²) in [6.07, 6.45) is 4.44. The minimum atomic E-state index is -0.420. The van der Waals surface area contributed by atoms with Gasteiger partial charge in [0.05, 0.1) is 0 Å². The average Bonchev–Trinajstić information content (AvgIpc) is 2.42. The Hall–Kier alpha value is -0.420. The first-order valence-corrected chi connectivity index (χ1v) is 10.1. The van der Waals surface area contributed by atoms with Gasteiger partial charge in [-0.15, -0.1) is 0 Å². The molecule has 2 heterocycles. The monoisotopic (exact) mass is 342 g/mol. The number of carbonyl (C=O) groups is 1. The van der Waals surface area contributed by atoms with Crippen molar-refractivity contribution in [2.24, 2.45) is 5.41 Å². The number of amides is 1. The molecule has 2 atom stereocenters. The zero-order valence-corrected chi connectivity index (χ0v) is 16.3. The van der Waals surface area contributed by atoms with E-state index in [1.165, 1.54) is 24.3 Å². The van der Waals surface area contributed by atoms with Crippen molar-refractivity contribution in [3.8, 4) is 0 Å². The van der Waals surface area contributed by atoms with Gasteiger partial charge in [0, 0.05) is 30.9 Å². The van der Waals surface area contributed by atoms with Gasteiger partial charge in [-0.05, 0) is 57.6 Å². The molecule has 23 heavy (non-hydrogen) atoms. The van der Waals surface area contributed by atoms with Gasteiger partial charge in [0.15, 0.2) is 0 Å². The van der Waals surface area contributed by atoms with E-state index >= 15 is 0 Å². The summed E-state index contributed by atoms with van der Waals surface area (Å²) in [7, 11) is 0. The van der Waals surface area contributed by atoms with E-state index in [0.717, 1.165) is 25.9 Å². The van der Waals surface area contributed by atoms with Crippen molar-refractivity contribution < 1.29 is 9.53 Å². The van der Waals surface area contributed by atoms with E-state index in [-0.39, 0.29) is 12.1 Å². The van der Waals surface area contributed by atoms with E-state index in [1.807, 2.05) is 37.4 Å². The Balaban J connectivity index is 1.87. The summed E-state index contributed by atoms with van der Waals surface area (Å²) in [6, 6.07) is 0.833. The highest BCUT2D eigenvalue weighted by Crippen LogP contribution is 2.33. The molecular weight excluding hydrogens is 308 g/mol. The highest BCUT2D eigenvalue weighted by Gasteiger charge is 2.32. The molecule has 4 nitrogen and oxygen atoms in total. The van der Waals surface area contributed by atoms with Crippen molar-refractivity contribution in [1.29, 1.82) is 0 Å². The second-order valence-corrected chi connectivity index (χ2v) is 9.84. The minimum Gasteiger partial charge on any atom is -0.444 e. The van der Waals surface area contributed by atoms with E-state index in [4.69, 9.17) is 4.74 Å². The van der Waals surface area contributed by atoms with E-state index in [1.54, 1.807) is 0 Å². The summed E-state index contributed by atoms with van der Waals surface area (Å²) >= 11 is 2.04. The van der Waals surface area contributed by atoms with E-state index < -0.39 is 5.60 Å². The standard InChI is InChI=1S/C18H34N2O2S/c1-17(2,3)22-16(21)20-9-7-6-8-15(20)11-19-14-10-18(4,5)13-23-12-14/h14-15,19H,6-13H2,1-5H3. The van der Waals surface area contributed by atoms with Crippen LogP contribution in [0, 0.1) is 5.41 Å². The molecule has 2 aliphatic heterocycles. The van der Waals surface area contributed by atoms with E-state index in [9.17, 15) is 4.79 Å². The van der Waals surface area contributed by atoms with Crippen LogP contribution in [0.4, 0.5) is 4.79 Å². The summed E-state index contributed by atoms with van der Waals surface area (Å²) in [6.45, 7) is 12.2. The first-order chi connectivity index (χ1) is 10.7. The Morgan fingerprint density at radius 2 is 2.09 bits per heavy atom. The molecule has 5 heteroatoms. The van der Waals surface area contributed by atoms with Crippen LogP contribution in [0.1, 0.15) is 60.3 Å². The SMILES string of the molecule is CC1(C)CSCC(NCC2CCCCN2C(=O)OC(C)(C)C)C1. The highest BCUT2D eigenvalue weighted by atomic mass is 32.2. The van der Waals surface area contributed by atoms with Gasteiger partial charge in [-0.25, -0.2) is 4.79 Å². The molecule has 0 aromatic carbocycles. The molecule has 2 aliphatic rings. The maximum Gasteiger partial charge on any atom is 0.410 e. The molecule has 134 valence electrons. The predicted molar refractivity (Wildman–Crippen MR) is 98.1 cm³/mol. The second-order valence-electron chi connectivity index (χ2n) is 8.81. The van der Waals surface area contributed by atoms with Crippen LogP contribution >= 0.6 is 11.8 Å². The molecule has 2 fully saturated rings. The third-order valence-electron chi connectivity index (χ3n) is 4.51. The zero-order chi connectivity index (χ0) is 17.1. The Bertz CT molecular complexity index is 406. The van der Waals surface area contributed by atoms with Gasteiger partial charge in [0.25, 0.3) is 0 Å². The summed E-state index contributed by atoms with van der Waals surface area (Å²) in [4.78, 5) is 14.4. The van der Waals surface area contributed by atoms with Gasteiger partial charge in [-0.3, -0.25) is 0 Å². The van der Waals surface area contributed by atoms with Gasteiger partial charge < -0.3 is 15.0 Å². The fraction of sp³-hybridized carbons (Fsp3) is 0.944. The maximum atomic E-state index is 12.5. The summed E-state index contributed by atoms with van der Waals surface area (Å²) in [5.41, 5.74) is -0.00541. The lowest BCUT2D eigenvalue weighted by Crippen LogP contribution is -2.52. The molecule has 0 aromatic heterocycles. The summed E-state index contributed by atoms with van der Waals surface area (Å²) < 4.78 is 5.59. The molecule has 0 aromatic rings. The van der Waals surface area contributed by atoms with Gasteiger partial charge >= 0.3 is 6.09 Å². The largest absolute Gasteiger partial charge is 0.444 e. The molecule has 2 unspecified atom stereocenters. The number of thioether (sulfide) groups is 1. The number of hydrogen-bond acceptors (Lipinski definition) is 4. The third-order valence-corrected chi connectivity index (χ3v) is 6.13. The summed E-state index contributed by atoms with van der Waals surface area (Å²) in [5.74, 6) is 2.43. The number of nitrogens with one attached hydrogen (secondary N) is 1. The second kappa shape index (κ2) is 7.64. The van der Waals surface area contributed by atoms with Gasteiger partial charge in [-0.2, -0.15) is 11.8 Å². The van der Waals surface area contributed by atoms with Crippen molar-refractivity contribution >= 4 is 17.9 Å². The fourth-order valence-electron chi connectivity index (χ4n) is 3.47. The predicted octanol–water partition coefficient (Wildman–Crippen LogP) is 3.90. The number of piperidine rings is 1. The Morgan fingerprint density at radius 3 is 2.74 bits per heavy atom. The molecule has 0 saturated carbocycles. The number of likely N-dealkylation sites (tertiary alicyclic amines) is 1. The van der Waals surface area contributed by atoms with Crippen LogP contribution in [0.3, 0.4) is 0 Å². The molecule has 0 aliphatic carbocycles. The van der Waals surface area contributed by atoms with Crippen LogP contribution in [0.15, 0.2) is 0 Å². The summed E-state index contributed by atoms with van der Waals surface area (Å²) in [5, 5.41) is 3.72. The number of nitrogens with zero attached hydrogens (tertiary/aromatic N) is 1. The Morgan fingerprint density at radius 1 is 1.35 bits per heavy atom. The van der Waals surface area contributed by atoms with Gasteiger partial charge in [0.1, 0.15) is 5.60 Å². The molecule has 2 saturated heterocycles.